The molecular weight excluding hydrogens is 392 g/mol. The van der Waals surface area contributed by atoms with Crippen LogP contribution >= 0.6 is 0 Å². The molecule has 0 unspecified atom stereocenters. The molecule has 0 bridgehead atoms. The van der Waals surface area contributed by atoms with Crippen molar-refractivity contribution < 1.29 is 9.59 Å². The van der Waals surface area contributed by atoms with E-state index in [2.05, 4.69) is 19.8 Å². The highest BCUT2D eigenvalue weighted by Gasteiger charge is 2.25. The van der Waals surface area contributed by atoms with Gasteiger partial charge in [0.25, 0.3) is 0 Å². The van der Waals surface area contributed by atoms with Crippen molar-refractivity contribution in [2.45, 2.75) is 25.7 Å². The van der Waals surface area contributed by atoms with Gasteiger partial charge in [-0.1, -0.05) is 6.07 Å². The third-order valence-electron chi connectivity index (χ3n) is 6.25. The Morgan fingerprint density at radius 3 is 2.45 bits per heavy atom. The monoisotopic (exact) mass is 422 g/mol. The molecule has 0 saturated carbocycles. The maximum atomic E-state index is 12.8. The summed E-state index contributed by atoms with van der Waals surface area (Å²) in [5, 5.41) is 0. The van der Waals surface area contributed by atoms with E-state index >= 15 is 0 Å². The first-order chi connectivity index (χ1) is 15.1. The molecule has 2 saturated heterocycles. The van der Waals surface area contributed by atoms with Crippen molar-refractivity contribution >= 4 is 23.5 Å². The number of anilines is 2. The van der Waals surface area contributed by atoms with E-state index in [-0.39, 0.29) is 5.91 Å². The molecule has 2 aromatic rings. The minimum absolute atomic E-state index is 0.252. The topological polar surface area (TPSA) is 95.7 Å². The first kappa shape index (κ1) is 21.1. The summed E-state index contributed by atoms with van der Waals surface area (Å²) in [5.74, 6) is 2.11. The Labute approximate surface area is 183 Å². The molecule has 0 spiro atoms. The summed E-state index contributed by atoms with van der Waals surface area (Å²) in [6.45, 7) is 5.00. The zero-order chi connectivity index (χ0) is 21.6. The van der Waals surface area contributed by atoms with Crippen molar-refractivity contribution in [2.24, 2.45) is 11.7 Å². The van der Waals surface area contributed by atoms with Gasteiger partial charge in [-0.05, 0) is 49.4 Å². The molecule has 31 heavy (non-hydrogen) atoms. The smallest absolute Gasteiger partial charge is 0.250 e. The quantitative estimate of drug-likeness (QED) is 0.764. The Morgan fingerprint density at radius 1 is 0.968 bits per heavy atom. The van der Waals surface area contributed by atoms with E-state index in [1.54, 1.807) is 6.07 Å². The van der Waals surface area contributed by atoms with Gasteiger partial charge < -0.3 is 20.4 Å². The Kier molecular flexibility index (Phi) is 6.64. The highest BCUT2D eigenvalue weighted by Crippen LogP contribution is 2.25. The Morgan fingerprint density at radius 2 is 1.77 bits per heavy atom. The molecule has 2 aromatic heterocycles. The molecule has 164 valence electrons. The Balaban J connectivity index is 1.23. The molecule has 0 radical (unpaired) electrons. The fraction of sp³-hybridized carbons (Fsp3) is 0.478. The SMILES string of the molecule is NC(=O)c1ccc(N2CCC[C@@H](CCC(=O)N3CCN(c4ccccn4)CC3)C2)nc1. The van der Waals surface area contributed by atoms with Crippen LogP contribution in [-0.4, -0.2) is 66.0 Å². The first-order valence-corrected chi connectivity index (χ1v) is 11.0. The molecule has 0 aliphatic carbocycles. The maximum absolute atomic E-state index is 12.8. The van der Waals surface area contributed by atoms with Crippen molar-refractivity contribution in [3.05, 3.63) is 48.3 Å². The van der Waals surface area contributed by atoms with Crippen LogP contribution in [0.5, 0.6) is 0 Å². The maximum Gasteiger partial charge on any atom is 0.250 e. The van der Waals surface area contributed by atoms with Crippen molar-refractivity contribution in [1.82, 2.24) is 14.9 Å². The third kappa shape index (κ3) is 5.31. The second-order valence-corrected chi connectivity index (χ2v) is 8.32. The van der Waals surface area contributed by atoms with Crippen LogP contribution in [0.15, 0.2) is 42.7 Å². The number of amides is 2. The number of piperazine rings is 1. The van der Waals surface area contributed by atoms with E-state index in [4.69, 9.17) is 5.73 Å². The highest BCUT2D eigenvalue weighted by atomic mass is 16.2. The van der Waals surface area contributed by atoms with Gasteiger partial charge in [0.1, 0.15) is 11.6 Å². The molecule has 2 fully saturated rings. The number of piperidine rings is 1. The van der Waals surface area contributed by atoms with Gasteiger partial charge in [0.2, 0.25) is 11.8 Å². The lowest BCUT2D eigenvalue weighted by molar-refractivity contribution is -0.131. The minimum Gasteiger partial charge on any atom is -0.366 e. The van der Waals surface area contributed by atoms with Gasteiger partial charge in [0.05, 0.1) is 5.56 Å². The molecule has 2 amide bonds. The lowest BCUT2D eigenvalue weighted by atomic mass is 9.93. The van der Waals surface area contributed by atoms with Crippen LogP contribution in [0.4, 0.5) is 11.6 Å². The van der Waals surface area contributed by atoms with Gasteiger partial charge in [0, 0.05) is 58.1 Å². The van der Waals surface area contributed by atoms with Gasteiger partial charge in [-0.3, -0.25) is 9.59 Å². The van der Waals surface area contributed by atoms with Gasteiger partial charge in [-0.15, -0.1) is 0 Å². The summed E-state index contributed by atoms with van der Waals surface area (Å²) in [6.07, 6.45) is 7.06. The zero-order valence-corrected chi connectivity index (χ0v) is 17.8. The van der Waals surface area contributed by atoms with Crippen molar-refractivity contribution in [1.29, 1.82) is 0 Å². The Bertz CT molecular complexity index is 881. The molecule has 4 heterocycles. The number of aromatic nitrogens is 2. The van der Waals surface area contributed by atoms with Gasteiger partial charge in [0.15, 0.2) is 0 Å². The molecule has 2 aliphatic heterocycles. The number of nitrogens with zero attached hydrogens (tertiary/aromatic N) is 5. The Hall–Kier alpha value is -3.16. The van der Waals surface area contributed by atoms with Crippen LogP contribution in [0.25, 0.3) is 0 Å². The van der Waals surface area contributed by atoms with E-state index in [0.717, 1.165) is 70.2 Å². The standard InChI is InChI=1S/C23H30N6O2/c24-23(31)19-7-8-21(26-16-19)29-11-3-4-18(17-29)6-9-22(30)28-14-12-27(13-15-28)20-5-1-2-10-25-20/h1-2,5,7-8,10,16,18H,3-4,6,9,11-15,17H2,(H2,24,31)/t18-/m0/s1. The molecule has 2 N–H and O–H groups in total. The number of hydrogen-bond acceptors (Lipinski definition) is 6. The average Bonchev–Trinajstić information content (AvgIpc) is 2.83. The normalized spacial score (nSPS) is 19.4. The summed E-state index contributed by atoms with van der Waals surface area (Å²) < 4.78 is 0. The van der Waals surface area contributed by atoms with E-state index in [0.29, 0.717) is 17.9 Å². The van der Waals surface area contributed by atoms with Gasteiger partial charge in [-0.25, -0.2) is 9.97 Å². The van der Waals surface area contributed by atoms with Crippen LogP contribution in [0, 0.1) is 5.92 Å². The van der Waals surface area contributed by atoms with Crippen molar-refractivity contribution in [3.63, 3.8) is 0 Å². The van der Waals surface area contributed by atoms with Crippen molar-refractivity contribution in [3.8, 4) is 0 Å². The summed E-state index contributed by atoms with van der Waals surface area (Å²) in [5.41, 5.74) is 5.72. The number of rotatable bonds is 6. The summed E-state index contributed by atoms with van der Waals surface area (Å²) in [4.78, 5) is 39.3. The van der Waals surface area contributed by atoms with Crippen LogP contribution in [0.2, 0.25) is 0 Å². The summed E-state index contributed by atoms with van der Waals surface area (Å²) >= 11 is 0. The number of pyridine rings is 2. The second kappa shape index (κ2) is 9.76. The molecule has 8 heteroatoms. The van der Waals surface area contributed by atoms with E-state index < -0.39 is 5.91 Å². The average molecular weight is 423 g/mol. The highest BCUT2D eigenvalue weighted by molar-refractivity contribution is 5.92. The first-order valence-electron chi connectivity index (χ1n) is 11.0. The van der Waals surface area contributed by atoms with Crippen LogP contribution in [-0.2, 0) is 4.79 Å². The van der Waals surface area contributed by atoms with E-state index in [1.165, 1.54) is 6.20 Å². The fourth-order valence-electron chi connectivity index (χ4n) is 4.44. The lowest BCUT2D eigenvalue weighted by Gasteiger charge is -2.36. The zero-order valence-electron chi connectivity index (χ0n) is 17.8. The molecule has 2 aliphatic rings. The summed E-state index contributed by atoms with van der Waals surface area (Å²) in [6, 6.07) is 9.51. The number of hydrogen-bond donors (Lipinski definition) is 1. The third-order valence-corrected chi connectivity index (χ3v) is 6.25. The molecule has 4 rings (SSSR count). The van der Waals surface area contributed by atoms with Crippen LogP contribution in [0.3, 0.4) is 0 Å². The lowest BCUT2D eigenvalue weighted by Crippen LogP contribution is -2.49. The van der Waals surface area contributed by atoms with Crippen LogP contribution < -0.4 is 15.5 Å². The number of primary amides is 1. The number of nitrogens with two attached hydrogens (primary N) is 1. The largest absolute Gasteiger partial charge is 0.366 e. The molecule has 0 aromatic carbocycles. The molecular formula is C23H30N6O2. The van der Waals surface area contributed by atoms with Gasteiger partial charge >= 0.3 is 0 Å². The van der Waals surface area contributed by atoms with Gasteiger partial charge in [-0.2, -0.15) is 0 Å². The van der Waals surface area contributed by atoms with Crippen molar-refractivity contribution in [2.75, 3.05) is 49.1 Å². The summed E-state index contributed by atoms with van der Waals surface area (Å²) in [7, 11) is 0. The minimum atomic E-state index is -0.463. The predicted octanol–water partition coefficient (Wildman–Crippen LogP) is 1.92. The second-order valence-electron chi connectivity index (χ2n) is 8.32. The fourth-order valence-corrected chi connectivity index (χ4v) is 4.44. The molecule has 8 nitrogen and oxygen atoms in total. The van der Waals surface area contributed by atoms with E-state index in [1.807, 2.05) is 35.4 Å². The van der Waals surface area contributed by atoms with E-state index in [9.17, 15) is 9.59 Å². The number of carbonyl (C=O) groups excluding carboxylic acids is 2. The molecule has 1 atom stereocenters. The predicted molar refractivity (Wildman–Crippen MR) is 120 cm³/mol. The number of carbonyl (C=O) groups is 2. The van der Waals surface area contributed by atoms with Crippen LogP contribution in [0.1, 0.15) is 36.0 Å².